The second kappa shape index (κ2) is 4.92. The Hall–Kier alpha value is -1.64. The molecule has 0 aliphatic heterocycles. The lowest BCUT2D eigenvalue weighted by Gasteiger charge is -2.16. The van der Waals surface area contributed by atoms with Crippen molar-refractivity contribution in [3.8, 4) is 0 Å². The molecule has 1 aromatic heterocycles. The molecule has 3 heteroatoms. The Labute approximate surface area is 108 Å². The van der Waals surface area contributed by atoms with Gasteiger partial charge >= 0.3 is 0 Å². The zero-order chi connectivity index (χ0) is 13.3. The lowest BCUT2D eigenvalue weighted by atomic mass is 9.87. The van der Waals surface area contributed by atoms with Crippen LogP contribution in [0, 0.1) is 11.8 Å². The Kier molecular flexibility index (Phi) is 3.50. The third-order valence-corrected chi connectivity index (χ3v) is 3.57. The van der Waals surface area contributed by atoms with Crippen LogP contribution >= 0.6 is 0 Å². The third kappa shape index (κ3) is 2.30. The fourth-order valence-corrected chi connectivity index (χ4v) is 2.50. The predicted octanol–water partition coefficient (Wildman–Crippen LogP) is 2.98. The van der Waals surface area contributed by atoms with Crippen molar-refractivity contribution in [3.63, 3.8) is 0 Å². The maximum atomic E-state index is 11.7. The summed E-state index contributed by atoms with van der Waals surface area (Å²) in [7, 11) is 1.95. The van der Waals surface area contributed by atoms with Gasteiger partial charge in [-0.1, -0.05) is 32.0 Å². The Bertz CT molecular complexity index is 569. The van der Waals surface area contributed by atoms with E-state index in [0.29, 0.717) is 5.92 Å². The molecule has 0 amide bonds. The summed E-state index contributed by atoms with van der Waals surface area (Å²) in [5, 5.41) is 5.72. The van der Waals surface area contributed by atoms with Crippen LogP contribution in [0.3, 0.4) is 0 Å². The number of carbonyl (C=O) groups excluding carboxylic acids is 1. The molecule has 0 spiro atoms. The van der Waals surface area contributed by atoms with Crippen LogP contribution in [0.25, 0.3) is 10.9 Å². The number of nitrogens with zero attached hydrogens (tertiary/aromatic N) is 2. The van der Waals surface area contributed by atoms with Crippen molar-refractivity contribution in [2.24, 2.45) is 18.9 Å². The molecule has 18 heavy (non-hydrogen) atoms. The summed E-state index contributed by atoms with van der Waals surface area (Å²) in [6, 6.07) is 8.17. The highest BCUT2D eigenvalue weighted by Gasteiger charge is 2.21. The topological polar surface area (TPSA) is 34.9 Å². The molecule has 1 atom stereocenters. The molecule has 1 heterocycles. The molecule has 0 N–H and O–H groups in total. The Balaban J connectivity index is 2.40. The Morgan fingerprint density at radius 1 is 1.33 bits per heavy atom. The number of hydrogen-bond donors (Lipinski definition) is 0. The molecule has 0 saturated heterocycles. The van der Waals surface area contributed by atoms with Crippen LogP contribution in [0.5, 0.6) is 0 Å². The van der Waals surface area contributed by atoms with E-state index < -0.39 is 0 Å². The summed E-state index contributed by atoms with van der Waals surface area (Å²) in [6.45, 7) is 5.87. The normalized spacial score (nSPS) is 13.2. The molecule has 2 aromatic rings. The lowest BCUT2D eigenvalue weighted by Crippen LogP contribution is -2.20. The summed E-state index contributed by atoms with van der Waals surface area (Å²) in [5.41, 5.74) is 2.15. The van der Waals surface area contributed by atoms with Crippen LogP contribution < -0.4 is 0 Å². The number of aromatic nitrogens is 2. The number of aryl methyl sites for hydroxylation is 1. The fraction of sp³-hybridized carbons (Fsp3) is 0.467. The second-order valence-electron chi connectivity index (χ2n) is 5.25. The average molecular weight is 244 g/mol. The molecular formula is C15H20N2O. The van der Waals surface area contributed by atoms with Crippen LogP contribution in [-0.4, -0.2) is 15.6 Å². The maximum Gasteiger partial charge on any atom is 0.133 e. The van der Waals surface area contributed by atoms with Crippen molar-refractivity contribution in [2.45, 2.75) is 27.2 Å². The van der Waals surface area contributed by atoms with E-state index in [1.165, 1.54) is 0 Å². The van der Waals surface area contributed by atoms with Crippen LogP contribution in [0.4, 0.5) is 0 Å². The van der Waals surface area contributed by atoms with E-state index in [9.17, 15) is 4.79 Å². The fourth-order valence-electron chi connectivity index (χ4n) is 2.50. The smallest absolute Gasteiger partial charge is 0.133 e. The van der Waals surface area contributed by atoms with E-state index in [-0.39, 0.29) is 11.7 Å². The zero-order valence-electron chi connectivity index (χ0n) is 11.5. The number of benzene rings is 1. The summed E-state index contributed by atoms with van der Waals surface area (Å²) >= 11 is 0. The average Bonchev–Trinajstić information content (AvgIpc) is 2.63. The van der Waals surface area contributed by atoms with Crippen molar-refractivity contribution in [1.29, 1.82) is 0 Å². The van der Waals surface area contributed by atoms with Crippen molar-refractivity contribution in [3.05, 3.63) is 30.0 Å². The highest BCUT2D eigenvalue weighted by atomic mass is 16.1. The molecule has 2 rings (SSSR count). The quantitative estimate of drug-likeness (QED) is 0.828. The highest BCUT2D eigenvalue weighted by molar-refractivity contribution is 5.83. The first-order valence-corrected chi connectivity index (χ1v) is 6.41. The molecule has 0 bridgehead atoms. The van der Waals surface area contributed by atoms with Gasteiger partial charge in [0, 0.05) is 24.8 Å². The van der Waals surface area contributed by atoms with Gasteiger partial charge in [-0.2, -0.15) is 5.10 Å². The number of fused-ring (bicyclic) bond motifs is 1. The van der Waals surface area contributed by atoms with Crippen molar-refractivity contribution in [1.82, 2.24) is 9.78 Å². The molecule has 0 fully saturated rings. The van der Waals surface area contributed by atoms with E-state index in [1.54, 1.807) is 6.92 Å². The number of rotatable bonds is 4. The molecule has 0 aliphatic rings. The summed E-state index contributed by atoms with van der Waals surface area (Å²) in [4.78, 5) is 11.7. The summed E-state index contributed by atoms with van der Waals surface area (Å²) in [6.07, 6.45) is 0.731. The van der Waals surface area contributed by atoms with Crippen LogP contribution in [0.2, 0.25) is 0 Å². The number of hydrogen-bond acceptors (Lipinski definition) is 2. The summed E-state index contributed by atoms with van der Waals surface area (Å²) < 4.78 is 1.89. The maximum absolute atomic E-state index is 11.7. The Morgan fingerprint density at radius 3 is 2.61 bits per heavy atom. The molecule has 1 aromatic carbocycles. The van der Waals surface area contributed by atoms with Crippen LogP contribution in [-0.2, 0) is 18.3 Å². The minimum absolute atomic E-state index is 0.0586. The lowest BCUT2D eigenvalue weighted by molar-refractivity contribution is -0.121. The molecule has 1 unspecified atom stereocenters. The largest absolute Gasteiger partial charge is 0.300 e. The zero-order valence-corrected chi connectivity index (χ0v) is 11.5. The molecule has 0 aliphatic carbocycles. The standard InChI is InChI=1S/C15H20N2O/c1-10(2)13(11(3)18)9-14-12-7-5-6-8-15(12)17(4)16-14/h5-8,10,13H,9H2,1-4H3. The molecule has 0 radical (unpaired) electrons. The van der Waals surface area contributed by atoms with Gasteiger partial charge in [0.25, 0.3) is 0 Å². The predicted molar refractivity (Wildman–Crippen MR) is 73.4 cm³/mol. The van der Waals surface area contributed by atoms with Gasteiger partial charge in [-0.3, -0.25) is 9.48 Å². The number of para-hydroxylation sites is 1. The molecule has 96 valence electrons. The van der Waals surface area contributed by atoms with Crippen molar-refractivity contribution < 1.29 is 4.79 Å². The second-order valence-corrected chi connectivity index (χ2v) is 5.25. The minimum atomic E-state index is 0.0586. The van der Waals surface area contributed by atoms with Crippen molar-refractivity contribution >= 4 is 16.7 Å². The van der Waals surface area contributed by atoms with E-state index >= 15 is 0 Å². The SMILES string of the molecule is CC(=O)C(Cc1nn(C)c2ccccc12)C(C)C. The van der Waals surface area contributed by atoms with Gasteiger partial charge in [-0.05, 0) is 18.9 Å². The molecule has 0 saturated carbocycles. The van der Waals surface area contributed by atoms with Crippen LogP contribution in [0.15, 0.2) is 24.3 Å². The molecule has 3 nitrogen and oxygen atoms in total. The van der Waals surface area contributed by atoms with Gasteiger partial charge in [-0.25, -0.2) is 0 Å². The number of Topliss-reactive ketones (excluding diaryl/α,β-unsaturated/α-hetero) is 1. The number of ketones is 1. The molecular weight excluding hydrogens is 224 g/mol. The van der Waals surface area contributed by atoms with Crippen LogP contribution in [0.1, 0.15) is 26.5 Å². The van der Waals surface area contributed by atoms with E-state index in [0.717, 1.165) is 23.0 Å². The summed E-state index contributed by atoms with van der Waals surface area (Å²) in [5.74, 6) is 0.659. The monoisotopic (exact) mass is 244 g/mol. The third-order valence-electron chi connectivity index (χ3n) is 3.57. The van der Waals surface area contributed by atoms with Gasteiger partial charge in [0.2, 0.25) is 0 Å². The van der Waals surface area contributed by atoms with Gasteiger partial charge < -0.3 is 0 Å². The van der Waals surface area contributed by atoms with Gasteiger partial charge in [-0.15, -0.1) is 0 Å². The van der Waals surface area contributed by atoms with Crippen molar-refractivity contribution in [2.75, 3.05) is 0 Å². The van der Waals surface area contributed by atoms with Gasteiger partial charge in [0.05, 0.1) is 11.2 Å². The Morgan fingerprint density at radius 2 is 2.00 bits per heavy atom. The van der Waals surface area contributed by atoms with Gasteiger partial charge in [0.15, 0.2) is 0 Å². The van der Waals surface area contributed by atoms with Gasteiger partial charge in [0.1, 0.15) is 5.78 Å². The first-order chi connectivity index (χ1) is 8.50. The number of carbonyl (C=O) groups is 1. The first-order valence-electron chi connectivity index (χ1n) is 6.41. The highest BCUT2D eigenvalue weighted by Crippen LogP contribution is 2.23. The van der Waals surface area contributed by atoms with E-state index in [2.05, 4.69) is 31.1 Å². The van der Waals surface area contributed by atoms with E-state index in [4.69, 9.17) is 0 Å². The first kappa shape index (κ1) is 12.8. The minimum Gasteiger partial charge on any atom is -0.300 e. The van der Waals surface area contributed by atoms with E-state index in [1.807, 2.05) is 23.9 Å².